The number of hydrogen-bond acceptors (Lipinski definition) is 4. The van der Waals surface area contributed by atoms with Gasteiger partial charge in [-0.25, -0.2) is 8.42 Å². The fourth-order valence-electron chi connectivity index (χ4n) is 1.47. The minimum absolute atomic E-state index is 0.0274. The van der Waals surface area contributed by atoms with Crippen LogP contribution in [0.4, 0.5) is 0 Å². The Bertz CT molecular complexity index is 531. The number of nitrogens with zero attached hydrogens (tertiary/aromatic N) is 1. The van der Waals surface area contributed by atoms with Crippen LogP contribution in [0.5, 0.6) is 0 Å². The molecule has 0 saturated heterocycles. The van der Waals surface area contributed by atoms with Gasteiger partial charge in [0.25, 0.3) is 0 Å². The maximum absolute atomic E-state index is 11.9. The molecular weight excluding hydrogens is 266 g/mol. The highest BCUT2D eigenvalue weighted by atomic mass is 32.2. The predicted octanol–water partition coefficient (Wildman–Crippen LogP) is 1.57. The Kier molecular flexibility index (Phi) is 5.35. The zero-order chi connectivity index (χ0) is 14.5. The average molecular weight is 285 g/mol. The van der Waals surface area contributed by atoms with Crippen molar-refractivity contribution in [1.29, 1.82) is 0 Å². The number of carbonyl (C=O) groups excluding carboxylic acids is 1. The van der Waals surface area contributed by atoms with Crippen LogP contribution in [0.25, 0.3) is 6.08 Å². The van der Waals surface area contributed by atoms with Crippen LogP contribution >= 0.6 is 0 Å². The van der Waals surface area contributed by atoms with E-state index in [0.717, 1.165) is 0 Å². The van der Waals surface area contributed by atoms with Gasteiger partial charge in [0.05, 0.1) is 12.0 Å². The van der Waals surface area contributed by atoms with Crippen molar-refractivity contribution in [2.45, 2.75) is 19.9 Å². The standard InChI is InChI=1S/C13H19NO4S/c1-4-19(16,17)10-11(2)14(3)13(15)8-7-12-6-5-9-18-12/h5-9,11H,4,10H2,1-3H3/b8-7+. The number of likely N-dealkylation sites (N-methyl/N-ethyl adjacent to an activating group) is 1. The summed E-state index contributed by atoms with van der Waals surface area (Å²) in [6.07, 6.45) is 4.44. The maximum atomic E-state index is 11.9. The van der Waals surface area contributed by atoms with E-state index in [-0.39, 0.29) is 23.5 Å². The fraction of sp³-hybridized carbons (Fsp3) is 0.462. The van der Waals surface area contributed by atoms with E-state index in [4.69, 9.17) is 4.42 Å². The molecule has 0 aliphatic heterocycles. The Morgan fingerprint density at radius 1 is 1.53 bits per heavy atom. The van der Waals surface area contributed by atoms with E-state index in [1.165, 1.54) is 17.2 Å². The summed E-state index contributed by atoms with van der Waals surface area (Å²) in [7, 11) is -1.50. The number of hydrogen-bond donors (Lipinski definition) is 0. The third-order valence-corrected chi connectivity index (χ3v) is 4.75. The van der Waals surface area contributed by atoms with Gasteiger partial charge in [0, 0.05) is 24.9 Å². The van der Waals surface area contributed by atoms with Gasteiger partial charge in [-0.1, -0.05) is 6.92 Å². The quantitative estimate of drug-likeness (QED) is 0.744. The highest BCUT2D eigenvalue weighted by Gasteiger charge is 2.19. The lowest BCUT2D eigenvalue weighted by Gasteiger charge is -2.23. The first kappa shape index (κ1) is 15.5. The molecule has 1 heterocycles. The average Bonchev–Trinajstić information content (AvgIpc) is 2.87. The molecule has 0 N–H and O–H groups in total. The number of amides is 1. The van der Waals surface area contributed by atoms with Crippen molar-refractivity contribution in [2.24, 2.45) is 0 Å². The summed E-state index contributed by atoms with van der Waals surface area (Å²) in [4.78, 5) is 13.3. The monoisotopic (exact) mass is 285 g/mol. The van der Waals surface area contributed by atoms with Gasteiger partial charge in [0.2, 0.25) is 5.91 Å². The van der Waals surface area contributed by atoms with Gasteiger partial charge in [0.15, 0.2) is 9.84 Å². The van der Waals surface area contributed by atoms with Crippen LogP contribution in [0, 0.1) is 0 Å². The minimum Gasteiger partial charge on any atom is -0.465 e. The van der Waals surface area contributed by atoms with Crippen LogP contribution in [0.15, 0.2) is 28.9 Å². The van der Waals surface area contributed by atoms with E-state index in [9.17, 15) is 13.2 Å². The molecule has 0 aliphatic carbocycles. The molecule has 1 aromatic rings. The summed E-state index contributed by atoms with van der Waals surface area (Å²) in [6.45, 7) is 3.31. The van der Waals surface area contributed by atoms with Crippen molar-refractivity contribution >= 4 is 21.8 Å². The first-order valence-corrected chi connectivity index (χ1v) is 7.86. The van der Waals surface area contributed by atoms with Crippen molar-refractivity contribution in [3.05, 3.63) is 30.2 Å². The Balaban J connectivity index is 2.62. The van der Waals surface area contributed by atoms with Crippen LogP contribution in [0.3, 0.4) is 0 Å². The lowest BCUT2D eigenvalue weighted by Crippen LogP contribution is -2.38. The van der Waals surface area contributed by atoms with Gasteiger partial charge < -0.3 is 9.32 Å². The van der Waals surface area contributed by atoms with E-state index in [2.05, 4.69) is 0 Å². The van der Waals surface area contributed by atoms with Crippen LogP contribution in [-0.2, 0) is 14.6 Å². The number of carbonyl (C=O) groups is 1. The summed E-state index contributed by atoms with van der Waals surface area (Å²) in [6, 6.07) is 3.10. The summed E-state index contributed by atoms with van der Waals surface area (Å²) < 4.78 is 28.1. The Hall–Kier alpha value is -1.56. The predicted molar refractivity (Wildman–Crippen MR) is 74.3 cm³/mol. The van der Waals surface area contributed by atoms with Crippen LogP contribution in [0.1, 0.15) is 19.6 Å². The molecule has 0 spiro atoms. The molecule has 0 aromatic carbocycles. The Labute approximate surface area is 113 Å². The van der Waals surface area contributed by atoms with Gasteiger partial charge in [-0.15, -0.1) is 0 Å². The second kappa shape index (κ2) is 6.56. The number of rotatable bonds is 6. The summed E-state index contributed by atoms with van der Waals surface area (Å²) in [5.74, 6) is 0.382. The molecule has 0 fully saturated rings. The second-order valence-electron chi connectivity index (χ2n) is 4.35. The van der Waals surface area contributed by atoms with Crippen molar-refractivity contribution in [2.75, 3.05) is 18.6 Å². The first-order chi connectivity index (χ1) is 8.85. The first-order valence-electron chi connectivity index (χ1n) is 6.04. The molecule has 1 aromatic heterocycles. The minimum atomic E-state index is -3.09. The molecule has 1 unspecified atom stereocenters. The molecule has 1 rings (SSSR count). The largest absolute Gasteiger partial charge is 0.465 e. The topological polar surface area (TPSA) is 67.6 Å². The van der Waals surface area contributed by atoms with Crippen molar-refractivity contribution in [3.8, 4) is 0 Å². The van der Waals surface area contributed by atoms with Gasteiger partial charge >= 0.3 is 0 Å². The summed E-state index contributed by atoms with van der Waals surface area (Å²) in [5, 5.41) is 0. The SMILES string of the molecule is CCS(=O)(=O)CC(C)N(C)C(=O)/C=C/c1ccco1. The molecule has 0 saturated carbocycles. The zero-order valence-electron chi connectivity index (χ0n) is 11.4. The van der Waals surface area contributed by atoms with Crippen LogP contribution in [0.2, 0.25) is 0 Å². The van der Waals surface area contributed by atoms with Gasteiger partial charge in [-0.2, -0.15) is 0 Å². The molecule has 106 valence electrons. The molecule has 0 bridgehead atoms. The zero-order valence-corrected chi connectivity index (χ0v) is 12.2. The van der Waals surface area contributed by atoms with E-state index >= 15 is 0 Å². The summed E-state index contributed by atoms with van der Waals surface area (Å²) in [5.41, 5.74) is 0. The molecule has 1 amide bonds. The Morgan fingerprint density at radius 3 is 2.74 bits per heavy atom. The third kappa shape index (κ3) is 4.90. The molecule has 0 aliphatic rings. The van der Waals surface area contributed by atoms with Crippen molar-refractivity contribution in [3.63, 3.8) is 0 Å². The third-order valence-electron chi connectivity index (χ3n) is 2.88. The van der Waals surface area contributed by atoms with E-state index in [1.54, 1.807) is 39.1 Å². The van der Waals surface area contributed by atoms with Gasteiger partial charge in [0.1, 0.15) is 5.76 Å². The molecule has 6 heteroatoms. The van der Waals surface area contributed by atoms with Crippen molar-refractivity contribution < 1.29 is 17.6 Å². The summed E-state index contributed by atoms with van der Waals surface area (Å²) >= 11 is 0. The number of sulfone groups is 1. The van der Waals surface area contributed by atoms with E-state index in [1.807, 2.05) is 0 Å². The van der Waals surface area contributed by atoms with Gasteiger partial charge in [-0.05, 0) is 25.1 Å². The molecular formula is C13H19NO4S. The smallest absolute Gasteiger partial charge is 0.246 e. The second-order valence-corrected chi connectivity index (χ2v) is 6.74. The molecule has 1 atom stereocenters. The van der Waals surface area contributed by atoms with E-state index < -0.39 is 9.84 Å². The maximum Gasteiger partial charge on any atom is 0.246 e. The van der Waals surface area contributed by atoms with E-state index in [0.29, 0.717) is 5.76 Å². The fourth-order valence-corrected chi connectivity index (χ4v) is 2.67. The molecule has 0 radical (unpaired) electrons. The normalized spacial score (nSPS) is 13.6. The lowest BCUT2D eigenvalue weighted by molar-refractivity contribution is -0.126. The van der Waals surface area contributed by atoms with Crippen molar-refractivity contribution in [1.82, 2.24) is 4.90 Å². The Morgan fingerprint density at radius 2 is 2.21 bits per heavy atom. The van der Waals surface area contributed by atoms with Crippen LogP contribution in [-0.4, -0.2) is 43.8 Å². The molecule has 19 heavy (non-hydrogen) atoms. The van der Waals surface area contributed by atoms with Crippen LogP contribution < -0.4 is 0 Å². The highest BCUT2D eigenvalue weighted by Crippen LogP contribution is 2.06. The lowest BCUT2D eigenvalue weighted by atomic mass is 10.3. The molecule has 5 nitrogen and oxygen atoms in total. The number of furan rings is 1. The van der Waals surface area contributed by atoms with Gasteiger partial charge in [-0.3, -0.25) is 4.79 Å². The highest BCUT2D eigenvalue weighted by molar-refractivity contribution is 7.91.